The fourth-order valence-electron chi connectivity index (χ4n) is 13.1. The minimum atomic E-state index is -2.24. The van der Waals surface area contributed by atoms with Gasteiger partial charge < -0.3 is 125 Å². The predicted octanol–water partition coefficient (Wildman–Crippen LogP) is -5.93. The fraction of sp³-hybridized carbons (Fsp3) is 0.712. The SMILES string of the molecule is CCCCCCCCCCCCC[C@@H]1CC(=O)N[C@H]([C@@H](C)O)C(=O)N[C@H](C)C(=O)N[C@@H](Cc2ccc(O)cc2)C(=O)N[C@@H](C(C)C)C(=O)N2C[C@H](O)C[C@H]2C(=O)N[C@H]([C@@H](C)O)C(=O)N[C@@H]([C@@H](C)O)C(=O)N2CC[C@H](O)[C@H]2C(=O)N[C@@H]([C@H](O)CC(N)=O)C(=O)NCC(=O)N[C@H]([C@@H](C)O)C(=O)N[C@@H](CCCNC(=O)CN)C(=O)O1.Cl. The van der Waals surface area contributed by atoms with Gasteiger partial charge in [0, 0.05) is 32.5 Å². The zero-order valence-corrected chi connectivity index (χ0v) is 66.2. The number of phenols is 1. The zero-order chi connectivity index (χ0) is 83.8. The molecule has 3 aliphatic heterocycles. The van der Waals surface area contributed by atoms with Crippen LogP contribution in [0.2, 0.25) is 0 Å². The van der Waals surface area contributed by atoms with Crippen molar-refractivity contribution in [2.45, 2.75) is 293 Å². The molecule has 19 atom stereocenters. The number of aromatic hydroxyl groups is 1. The second-order valence-corrected chi connectivity index (χ2v) is 29.4. The molecule has 1 aromatic carbocycles. The largest absolute Gasteiger partial charge is 0.508 e. The Hall–Kier alpha value is -8.96. The number of hydrogen-bond acceptors (Lipinski definition) is 25. The summed E-state index contributed by atoms with van der Waals surface area (Å²) in [6.45, 7) is 8.05. The summed E-state index contributed by atoms with van der Waals surface area (Å²) in [6.07, 6.45) is -6.82. The Kier molecular flexibility index (Phi) is 42.6. The van der Waals surface area contributed by atoms with Gasteiger partial charge in [-0.05, 0) is 90.3 Å². The molecule has 0 bridgehead atoms. The number of benzene rings is 1. The number of primary amides is 1. The molecule has 4 rings (SSSR count). The lowest BCUT2D eigenvalue weighted by Gasteiger charge is -2.34. The van der Waals surface area contributed by atoms with Crippen LogP contribution in [0.1, 0.15) is 177 Å². The molecule has 3 fully saturated rings. The summed E-state index contributed by atoms with van der Waals surface area (Å²) in [5.41, 5.74) is 11.2. The number of nitrogens with two attached hydrogens (primary N) is 2. The van der Waals surface area contributed by atoms with E-state index in [-0.39, 0.29) is 56.8 Å². The summed E-state index contributed by atoms with van der Waals surface area (Å²) >= 11 is 0. The van der Waals surface area contributed by atoms with E-state index in [1.165, 1.54) is 45.0 Å². The molecule has 3 heterocycles. The van der Waals surface area contributed by atoms with Crippen LogP contribution in [0, 0.1) is 5.92 Å². The maximum Gasteiger partial charge on any atom is 0.328 e. The van der Waals surface area contributed by atoms with Gasteiger partial charge in [-0.3, -0.25) is 67.1 Å². The van der Waals surface area contributed by atoms with Gasteiger partial charge in [0.05, 0.1) is 68.7 Å². The van der Waals surface area contributed by atoms with Crippen LogP contribution in [-0.4, -0.2) is 287 Å². The number of amides is 14. The molecule has 3 saturated heterocycles. The molecular weight excluding hydrogens is 1510 g/mol. The summed E-state index contributed by atoms with van der Waals surface area (Å²) in [4.78, 5) is 212. The number of unbranched alkanes of at least 4 members (excludes halogenated alkanes) is 10. The minimum absolute atomic E-state index is 0. The van der Waals surface area contributed by atoms with E-state index in [1.807, 2.05) is 0 Å². The van der Waals surface area contributed by atoms with Gasteiger partial charge in [0.2, 0.25) is 82.7 Å². The first-order valence-corrected chi connectivity index (χ1v) is 38.4. The average Bonchev–Trinajstić information content (AvgIpc) is 1.68. The average molecular weight is 1630 g/mol. The maximum atomic E-state index is 14.8. The molecule has 0 radical (unpaired) electrons. The number of phenolic OH excluding ortho intramolecular Hbond substituents is 1. The van der Waals surface area contributed by atoms with E-state index in [0.717, 1.165) is 90.4 Å². The highest BCUT2D eigenvalue weighted by atomic mass is 35.5. The van der Waals surface area contributed by atoms with E-state index in [4.69, 9.17) is 16.2 Å². The molecule has 113 heavy (non-hydrogen) atoms. The molecular formula is C73H120ClN15O24. The smallest absolute Gasteiger partial charge is 0.328 e. The van der Waals surface area contributed by atoms with Crippen LogP contribution in [0.5, 0.6) is 5.75 Å². The van der Waals surface area contributed by atoms with Crippen molar-refractivity contribution in [1.82, 2.24) is 68.3 Å². The Morgan fingerprint density at radius 2 is 1.07 bits per heavy atom. The summed E-state index contributed by atoms with van der Waals surface area (Å²) in [5, 5.41) is 114. The number of ether oxygens (including phenoxy) is 1. The topological polar surface area (TPSA) is 618 Å². The molecule has 3 aliphatic rings. The lowest BCUT2D eigenvalue weighted by molar-refractivity contribution is -0.155. The van der Waals surface area contributed by atoms with E-state index >= 15 is 0 Å². The molecule has 40 heteroatoms. The molecule has 0 aromatic heterocycles. The van der Waals surface area contributed by atoms with Crippen molar-refractivity contribution in [3.63, 3.8) is 0 Å². The number of aliphatic hydroxyl groups excluding tert-OH is 7. The molecule has 1 aromatic rings. The van der Waals surface area contributed by atoms with Crippen LogP contribution >= 0.6 is 12.4 Å². The lowest BCUT2D eigenvalue weighted by Crippen LogP contribution is -2.64. The third-order valence-electron chi connectivity index (χ3n) is 19.4. The maximum absolute atomic E-state index is 14.8. The molecule has 0 saturated carbocycles. The van der Waals surface area contributed by atoms with Crippen molar-refractivity contribution >= 4 is 101 Å². The highest BCUT2D eigenvalue weighted by Gasteiger charge is 2.48. The number of halogens is 1. The Balaban J connectivity index is 0.0000331. The van der Waals surface area contributed by atoms with Gasteiger partial charge >= 0.3 is 5.97 Å². The second-order valence-electron chi connectivity index (χ2n) is 29.4. The highest BCUT2D eigenvalue weighted by Crippen LogP contribution is 2.25. The summed E-state index contributed by atoms with van der Waals surface area (Å²) < 4.78 is 5.98. The molecule has 23 N–H and O–H groups in total. The van der Waals surface area contributed by atoms with Gasteiger partial charge in [-0.25, -0.2) is 4.79 Å². The van der Waals surface area contributed by atoms with Crippen LogP contribution in [0.25, 0.3) is 0 Å². The molecule has 14 amide bonds. The number of carbonyl (C=O) groups excluding carboxylic acids is 15. The van der Waals surface area contributed by atoms with Crippen LogP contribution in [0.4, 0.5) is 0 Å². The van der Waals surface area contributed by atoms with Crippen molar-refractivity contribution < 1.29 is 118 Å². The van der Waals surface area contributed by atoms with E-state index < -0.39 is 255 Å². The quantitative estimate of drug-likeness (QED) is 0.0288. The minimum Gasteiger partial charge on any atom is -0.508 e. The number of esters is 1. The fourth-order valence-corrected chi connectivity index (χ4v) is 13.1. The van der Waals surface area contributed by atoms with Gasteiger partial charge in [-0.2, -0.15) is 0 Å². The number of rotatable bonds is 27. The van der Waals surface area contributed by atoms with Crippen LogP contribution < -0.4 is 70.0 Å². The van der Waals surface area contributed by atoms with Crippen LogP contribution in [0.3, 0.4) is 0 Å². The van der Waals surface area contributed by atoms with Crippen molar-refractivity contribution in [2.24, 2.45) is 17.4 Å². The van der Waals surface area contributed by atoms with E-state index in [0.29, 0.717) is 23.3 Å². The van der Waals surface area contributed by atoms with Crippen molar-refractivity contribution in [3.8, 4) is 5.75 Å². The van der Waals surface area contributed by atoms with Gasteiger partial charge in [0.25, 0.3) is 0 Å². The van der Waals surface area contributed by atoms with Crippen LogP contribution in [-0.2, 0) is 83.1 Å². The normalized spacial score (nSPS) is 27.2. The summed E-state index contributed by atoms with van der Waals surface area (Å²) in [6, 6.07) is -14.7. The Bertz CT molecular complexity index is 3360. The van der Waals surface area contributed by atoms with Gasteiger partial charge in [0.15, 0.2) is 0 Å². The number of nitrogens with zero attached hydrogens (tertiary/aromatic N) is 2. The molecule has 0 unspecified atom stereocenters. The van der Waals surface area contributed by atoms with Crippen molar-refractivity contribution in [1.29, 1.82) is 0 Å². The number of nitrogens with one attached hydrogen (secondary N) is 11. The molecule has 39 nitrogen and oxygen atoms in total. The summed E-state index contributed by atoms with van der Waals surface area (Å²) in [7, 11) is 0. The predicted molar refractivity (Wildman–Crippen MR) is 406 cm³/mol. The molecule has 0 spiro atoms. The van der Waals surface area contributed by atoms with Gasteiger partial charge in [0.1, 0.15) is 78.3 Å². The number of aliphatic hydroxyl groups is 7. The van der Waals surface area contributed by atoms with E-state index in [9.17, 15) is 113 Å². The monoisotopic (exact) mass is 1630 g/mol. The van der Waals surface area contributed by atoms with E-state index in [2.05, 4.69) is 65.4 Å². The first kappa shape index (κ1) is 98.2. The Morgan fingerprint density at radius 1 is 0.566 bits per heavy atom. The highest BCUT2D eigenvalue weighted by molar-refractivity contribution is 6.00. The van der Waals surface area contributed by atoms with Gasteiger partial charge in [-0.1, -0.05) is 97.1 Å². The second kappa shape index (κ2) is 49.0. The Labute approximate surface area is 662 Å². The van der Waals surface area contributed by atoms with Gasteiger partial charge in [-0.15, -0.1) is 12.4 Å². The van der Waals surface area contributed by atoms with Crippen molar-refractivity contribution in [2.75, 3.05) is 32.7 Å². The van der Waals surface area contributed by atoms with E-state index in [1.54, 1.807) is 0 Å². The first-order chi connectivity index (χ1) is 52.8. The number of carbonyl (C=O) groups is 15. The number of cyclic esters (lactones) is 1. The zero-order valence-electron chi connectivity index (χ0n) is 65.4. The molecule has 638 valence electrons. The Morgan fingerprint density at radius 3 is 1.63 bits per heavy atom. The number of hydrogen-bond donors (Lipinski definition) is 21. The third kappa shape index (κ3) is 32.1. The molecule has 0 aliphatic carbocycles. The third-order valence-corrected chi connectivity index (χ3v) is 19.4. The van der Waals surface area contributed by atoms with Crippen LogP contribution in [0.15, 0.2) is 24.3 Å². The lowest BCUT2D eigenvalue weighted by atomic mass is 9.99. The summed E-state index contributed by atoms with van der Waals surface area (Å²) in [5.74, 6) is -18.1. The van der Waals surface area contributed by atoms with Crippen molar-refractivity contribution in [3.05, 3.63) is 29.8 Å². The first-order valence-electron chi connectivity index (χ1n) is 38.4. The number of fused-ring (bicyclic) bond motifs is 2. The standard InChI is InChI=1S/C73H119N15O24.ClH/c1-9-10-11-12-13-14-15-16-17-18-19-21-46-32-53(98)81-57(39(5)89)67(105)78-38(4)63(101)80-48(30-43-23-25-44(93)26-24-43)64(102)83-56(37(2)3)71(109)88-36-45(94)31-49(88)65(103)84-59(41(7)91)69(107)85-60(42(8)92)72(110)87-29-27-50(95)62(87)70(108)86-61(51(96)33-52(75)97)66(104)77-35-55(100)82-58(40(6)90)68(106)79-47(73(111)112-46)22-20-28-76-54(99)34-74;/h23-26,37-42,45-51,56-62,89-96H,9-22,27-36,74H2,1-8H3,(H2,75,97)(H,76,99)(H,77,104)(H,78,105)(H,79,106)(H,80,101)(H,81,98)(H,82,100)(H,83,102)(H,84,103)(H,85,107)(H,86,108);1H/t38-,39-,40-,41-,42-,45-,46-,47+,48+,49+,50+,51-,56+,57-,58-,59-,60+,61+,62+;/m1./s1.